The highest BCUT2D eigenvalue weighted by molar-refractivity contribution is 6.93. The third kappa shape index (κ3) is 6.23. The van der Waals surface area contributed by atoms with Crippen LogP contribution < -0.4 is 0 Å². The van der Waals surface area contributed by atoms with Gasteiger partial charge in [0.2, 0.25) is 0 Å². The number of rotatable bonds is 11. The molecular formula is C30H51N3OSi2. The number of hydrogen-bond donors (Lipinski definition) is 0. The molecule has 0 amide bonds. The first-order chi connectivity index (χ1) is 16.8. The van der Waals surface area contributed by atoms with Gasteiger partial charge in [-0.25, -0.2) is 4.68 Å². The molecule has 6 heteroatoms. The lowest BCUT2D eigenvalue weighted by Crippen LogP contribution is -2.48. The second-order valence-corrected chi connectivity index (χ2v) is 21.9. The second-order valence-electron chi connectivity index (χ2n) is 12.0. The van der Waals surface area contributed by atoms with E-state index < -0.39 is 16.4 Å². The lowest BCUT2D eigenvalue weighted by atomic mass is 10.1. The summed E-state index contributed by atoms with van der Waals surface area (Å²) in [6.07, 6.45) is 2.84. The first-order valence-electron chi connectivity index (χ1n) is 14.0. The average Bonchev–Trinajstić information content (AvgIpc) is 3.30. The molecule has 2 rings (SSSR count). The Kier molecular flexibility index (Phi) is 10.8. The van der Waals surface area contributed by atoms with E-state index in [1.165, 1.54) is 5.56 Å². The summed E-state index contributed by atoms with van der Waals surface area (Å²) < 4.78 is 9.16. The van der Waals surface area contributed by atoms with Gasteiger partial charge in [0.05, 0.1) is 18.3 Å². The smallest absolute Gasteiger partial charge is 0.276 e. The molecule has 36 heavy (non-hydrogen) atoms. The molecule has 1 aromatic carbocycles. The van der Waals surface area contributed by atoms with Crippen LogP contribution in [0.3, 0.4) is 0 Å². The Bertz CT molecular complexity index is 972. The molecule has 2 atom stereocenters. The topological polar surface area (TPSA) is 39.9 Å². The van der Waals surface area contributed by atoms with Crippen molar-refractivity contribution >= 4 is 16.4 Å². The van der Waals surface area contributed by atoms with E-state index in [-0.39, 0.29) is 12.1 Å². The van der Waals surface area contributed by atoms with Crippen LogP contribution >= 0.6 is 0 Å². The highest BCUT2D eigenvalue weighted by Gasteiger charge is 2.46. The van der Waals surface area contributed by atoms with Crippen LogP contribution in [0.1, 0.15) is 113 Å². The average molecular weight is 526 g/mol. The fraction of sp³-hybridized carbons (Fsp3) is 0.667. The first-order valence-corrected chi connectivity index (χ1v) is 18.3. The highest BCUT2D eigenvalue weighted by Crippen LogP contribution is 2.43. The van der Waals surface area contributed by atoms with Gasteiger partial charge in [0, 0.05) is 0 Å². The van der Waals surface area contributed by atoms with E-state index in [0.29, 0.717) is 27.7 Å². The van der Waals surface area contributed by atoms with Crippen LogP contribution in [0.5, 0.6) is 0 Å². The van der Waals surface area contributed by atoms with Crippen LogP contribution in [0.25, 0.3) is 0 Å². The Morgan fingerprint density at radius 2 is 1.31 bits per heavy atom. The van der Waals surface area contributed by atoms with Crippen molar-refractivity contribution in [2.45, 2.75) is 129 Å². The third-order valence-corrected chi connectivity index (χ3v) is 19.5. The molecule has 200 valence electrons. The Morgan fingerprint density at radius 1 is 0.778 bits per heavy atom. The molecule has 0 aliphatic carbocycles. The fourth-order valence-corrected chi connectivity index (χ4v) is 15.8. The molecule has 0 radical (unpaired) electrons. The molecule has 0 bridgehead atoms. The molecule has 0 spiro atoms. The molecule has 0 N–H and O–H groups in total. The number of benzene rings is 1. The van der Waals surface area contributed by atoms with E-state index in [1.807, 2.05) is 10.7 Å². The van der Waals surface area contributed by atoms with Crippen molar-refractivity contribution in [1.82, 2.24) is 15.0 Å². The molecule has 1 aromatic heterocycles. The van der Waals surface area contributed by atoms with E-state index in [9.17, 15) is 0 Å². The molecule has 0 aliphatic rings. The van der Waals surface area contributed by atoms with Gasteiger partial charge in [-0.1, -0.05) is 112 Å². The minimum absolute atomic E-state index is 0.0966. The van der Waals surface area contributed by atoms with Crippen molar-refractivity contribution in [2.24, 2.45) is 0 Å². The summed E-state index contributed by atoms with van der Waals surface area (Å²) in [5.74, 6) is 0. The zero-order valence-corrected chi connectivity index (χ0v) is 27.0. The molecule has 0 aliphatic heterocycles. The van der Waals surface area contributed by atoms with Gasteiger partial charge in [-0.15, -0.1) is 16.2 Å². The van der Waals surface area contributed by atoms with Crippen LogP contribution in [0.15, 0.2) is 36.5 Å². The summed E-state index contributed by atoms with van der Waals surface area (Å²) in [6.45, 7) is 27.9. The Balaban J connectivity index is 2.50. The minimum atomic E-state index is -2.45. The van der Waals surface area contributed by atoms with Crippen molar-refractivity contribution in [3.63, 3.8) is 0 Å². The predicted octanol–water partition coefficient (Wildman–Crippen LogP) is 8.88. The molecular weight excluding hydrogens is 475 g/mol. The van der Waals surface area contributed by atoms with Crippen molar-refractivity contribution in [3.8, 4) is 11.1 Å². The SMILES string of the molecule is CC[C@@H](O[Si](C#C[Si](C(C)C)(C(C)C)C(C)C)(C(C)C)C(C)C)c1cn([C@H](C)c2ccccc2)nn1. The van der Waals surface area contributed by atoms with E-state index in [4.69, 9.17) is 4.43 Å². The van der Waals surface area contributed by atoms with Crippen LogP contribution in [-0.4, -0.2) is 31.4 Å². The normalized spacial score (nSPS) is 14.6. The number of aromatic nitrogens is 3. The Hall–Kier alpha value is -1.69. The lowest BCUT2D eigenvalue weighted by molar-refractivity contribution is 0.179. The fourth-order valence-electron chi connectivity index (χ4n) is 6.00. The summed E-state index contributed by atoms with van der Waals surface area (Å²) in [6, 6.07) is 10.6. The van der Waals surface area contributed by atoms with E-state index in [1.54, 1.807) is 0 Å². The quantitative estimate of drug-likeness (QED) is 0.217. The second kappa shape index (κ2) is 12.7. The lowest BCUT2D eigenvalue weighted by Gasteiger charge is -2.40. The summed E-state index contributed by atoms with van der Waals surface area (Å²) in [7, 11) is -4.31. The maximum Gasteiger partial charge on any atom is 0.276 e. The zero-order valence-electron chi connectivity index (χ0n) is 25.0. The number of hydrogen-bond acceptors (Lipinski definition) is 3. The summed E-state index contributed by atoms with van der Waals surface area (Å²) in [5.41, 5.74) is 12.8. The van der Waals surface area contributed by atoms with Gasteiger partial charge < -0.3 is 4.43 Å². The van der Waals surface area contributed by atoms with Crippen LogP contribution in [-0.2, 0) is 4.43 Å². The van der Waals surface area contributed by atoms with E-state index in [2.05, 4.69) is 135 Å². The van der Waals surface area contributed by atoms with Gasteiger partial charge in [0.15, 0.2) is 0 Å². The number of nitrogens with zero attached hydrogens (tertiary/aromatic N) is 3. The minimum Gasteiger partial charge on any atom is -0.396 e. The Labute approximate surface area is 223 Å². The summed E-state index contributed by atoms with van der Waals surface area (Å²) >= 11 is 0. The van der Waals surface area contributed by atoms with Crippen LogP contribution in [0, 0.1) is 11.1 Å². The van der Waals surface area contributed by atoms with Gasteiger partial charge in [0.1, 0.15) is 13.8 Å². The van der Waals surface area contributed by atoms with Crippen molar-refractivity contribution in [1.29, 1.82) is 0 Å². The maximum atomic E-state index is 7.20. The maximum absolute atomic E-state index is 7.20. The van der Waals surface area contributed by atoms with Crippen molar-refractivity contribution in [3.05, 3.63) is 47.8 Å². The Morgan fingerprint density at radius 3 is 1.75 bits per heavy atom. The van der Waals surface area contributed by atoms with Gasteiger partial charge in [0.25, 0.3) is 8.32 Å². The molecule has 1 heterocycles. The van der Waals surface area contributed by atoms with Gasteiger partial charge in [-0.3, -0.25) is 0 Å². The zero-order chi connectivity index (χ0) is 27.3. The standard InChI is InChI=1S/C30H51N3OSi2/c1-13-30(29-21-33(32-31-29)27(12)28-17-15-14-16-18-28)34-36(25(8)9,26(10)11)20-19-35(22(2)3,23(4)5)24(6)7/h14-18,21-27,30H,13H2,1-12H3/t27-,30-/m1/s1. The van der Waals surface area contributed by atoms with Gasteiger partial charge >= 0.3 is 0 Å². The van der Waals surface area contributed by atoms with Crippen molar-refractivity contribution in [2.75, 3.05) is 0 Å². The monoisotopic (exact) mass is 525 g/mol. The first kappa shape index (κ1) is 30.5. The highest BCUT2D eigenvalue weighted by atomic mass is 28.4. The molecule has 0 saturated heterocycles. The molecule has 0 fully saturated rings. The predicted molar refractivity (Wildman–Crippen MR) is 159 cm³/mol. The molecule has 0 unspecified atom stereocenters. The largest absolute Gasteiger partial charge is 0.396 e. The van der Waals surface area contributed by atoms with E-state index >= 15 is 0 Å². The molecule has 4 nitrogen and oxygen atoms in total. The summed E-state index contributed by atoms with van der Waals surface area (Å²) in [4.78, 5) is 0. The molecule has 0 saturated carbocycles. The molecule has 2 aromatic rings. The van der Waals surface area contributed by atoms with E-state index in [0.717, 1.165) is 12.1 Å². The van der Waals surface area contributed by atoms with Crippen LogP contribution in [0.4, 0.5) is 0 Å². The van der Waals surface area contributed by atoms with Crippen LogP contribution in [0.2, 0.25) is 27.7 Å². The third-order valence-electron chi connectivity index (χ3n) is 8.30. The van der Waals surface area contributed by atoms with Crippen molar-refractivity contribution < 1.29 is 4.43 Å². The summed E-state index contributed by atoms with van der Waals surface area (Å²) in [5, 5.41) is 9.11. The van der Waals surface area contributed by atoms with Gasteiger partial charge in [-0.05, 0) is 46.6 Å². The van der Waals surface area contributed by atoms with Gasteiger partial charge in [-0.2, -0.15) is 0 Å².